The largest absolute Gasteiger partial charge is 0.497 e. The topological polar surface area (TPSA) is 75.1 Å². The highest BCUT2D eigenvalue weighted by Gasteiger charge is 2.33. The summed E-state index contributed by atoms with van der Waals surface area (Å²) in [7, 11) is 3.21. The van der Waals surface area contributed by atoms with Gasteiger partial charge in [0, 0.05) is 36.8 Å². The van der Waals surface area contributed by atoms with Gasteiger partial charge in [-0.05, 0) is 37.1 Å². The second kappa shape index (κ2) is 9.87. The number of carbonyl (C=O) groups is 1. The minimum atomic E-state index is -0.141. The number of ether oxygens (including phenoxy) is 4. The van der Waals surface area contributed by atoms with Crippen LogP contribution in [0.5, 0.6) is 11.5 Å². The lowest BCUT2D eigenvalue weighted by Crippen LogP contribution is -2.41. The third kappa shape index (κ3) is 4.38. The van der Waals surface area contributed by atoms with Gasteiger partial charge < -0.3 is 23.8 Å². The van der Waals surface area contributed by atoms with Gasteiger partial charge in [-0.2, -0.15) is 5.10 Å². The van der Waals surface area contributed by atoms with E-state index >= 15 is 0 Å². The van der Waals surface area contributed by atoms with E-state index in [1.165, 1.54) is 0 Å². The molecule has 5 rings (SSSR count). The molecule has 2 aromatic carbocycles. The van der Waals surface area contributed by atoms with Crippen molar-refractivity contribution in [1.29, 1.82) is 0 Å². The maximum Gasteiger partial charge on any atom is 0.257 e. The molecule has 34 heavy (non-hydrogen) atoms. The smallest absolute Gasteiger partial charge is 0.257 e. The van der Waals surface area contributed by atoms with Gasteiger partial charge in [0.2, 0.25) is 0 Å². The SMILES string of the molecule is COc1ccc(-c2nn(-c3ccccc3)cc2C(=O)N2CCC(C3OCCO3)CC2)c(OC)c1. The Hall–Kier alpha value is -3.36. The number of para-hydroxylation sites is 1. The van der Waals surface area contributed by atoms with E-state index in [1.807, 2.05) is 53.6 Å². The third-order valence-electron chi connectivity index (χ3n) is 6.49. The lowest BCUT2D eigenvalue weighted by Gasteiger charge is -2.33. The summed E-state index contributed by atoms with van der Waals surface area (Å²) in [6.45, 7) is 2.61. The molecule has 0 atom stereocenters. The van der Waals surface area contributed by atoms with Crippen molar-refractivity contribution in [2.45, 2.75) is 19.1 Å². The van der Waals surface area contributed by atoms with Crippen molar-refractivity contribution >= 4 is 5.91 Å². The predicted molar refractivity (Wildman–Crippen MR) is 126 cm³/mol. The number of amides is 1. The third-order valence-corrected chi connectivity index (χ3v) is 6.49. The van der Waals surface area contributed by atoms with Gasteiger partial charge in [-0.1, -0.05) is 18.2 Å². The Morgan fingerprint density at radius 3 is 2.41 bits per heavy atom. The molecule has 0 N–H and O–H groups in total. The minimum Gasteiger partial charge on any atom is -0.497 e. The van der Waals surface area contributed by atoms with Crippen molar-refractivity contribution in [3.63, 3.8) is 0 Å². The van der Waals surface area contributed by atoms with Crippen molar-refractivity contribution < 1.29 is 23.7 Å². The fourth-order valence-electron chi connectivity index (χ4n) is 4.63. The van der Waals surface area contributed by atoms with E-state index in [1.54, 1.807) is 25.0 Å². The highest BCUT2D eigenvalue weighted by Crippen LogP contribution is 2.36. The van der Waals surface area contributed by atoms with Gasteiger partial charge in [-0.15, -0.1) is 0 Å². The lowest BCUT2D eigenvalue weighted by molar-refractivity contribution is -0.0956. The van der Waals surface area contributed by atoms with Crippen LogP contribution in [0, 0.1) is 5.92 Å². The van der Waals surface area contributed by atoms with Gasteiger partial charge in [0.15, 0.2) is 6.29 Å². The molecule has 0 aliphatic carbocycles. The van der Waals surface area contributed by atoms with Gasteiger partial charge in [-0.25, -0.2) is 4.68 Å². The fourth-order valence-corrected chi connectivity index (χ4v) is 4.63. The molecular weight excluding hydrogens is 434 g/mol. The summed E-state index contributed by atoms with van der Waals surface area (Å²) in [6, 6.07) is 15.3. The normalized spacial score (nSPS) is 17.2. The standard InChI is InChI=1S/C26H29N3O5/c1-31-20-8-9-21(23(16-20)32-2)24-22(17-29(27-24)19-6-4-3-5-7-19)25(30)28-12-10-18(11-13-28)26-33-14-15-34-26/h3-9,16-18,26H,10-15H2,1-2H3. The number of carbonyl (C=O) groups excluding carboxylic acids is 1. The number of aromatic nitrogens is 2. The van der Waals surface area contributed by atoms with Gasteiger partial charge >= 0.3 is 0 Å². The van der Waals surface area contributed by atoms with E-state index in [0.717, 1.165) is 24.1 Å². The monoisotopic (exact) mass is 463 g/mol. The van der Waals surface area contributed by atoms with Crippen LogP contribution in [0.15, 0.2) is 54.7 Å². The Labute approximate surface area is 199 Å². The Morgan fingerprint density at radius 2 is 1.74 bits per heavy atom. The average Bonchev–Trinajstić information content (AvgIpc) is 3.59. The molecule has 1 aromatic heterocycles. The average molecular weight is 464 g/mol. The van der Waals surface area contributed by atoms with Crippen LogP contribution >= 0.6 is 0 Å². The van der Waals surface area contributed by atoms with E-state index in [0.29, 0.717) is 55.0 Å². The van der Waals surface area contributed by atoms with Gasteiger partial charge in [0.05, 0.1) is 38.7 Å². The molecule has 0 unspecified atom stereocenters. The quantitative estimate of drug-likeness (QED) is 0.554. The van der Waals surface area contributed by atoms with E-state index in [9.17, 15) is 4.79 Å². The molecule has 0 bridgehead atoms. The van der Waals surface area contributed by atoms with Gasteiger partial charge in [0.25, 0.3) is 5.91 Å². The maximum absolute atomic E-state index is 13.7. The Morgan fingerprint density at radius 1 is 1.00 bits per heavy atom. The first-order valence-corrected chi connectivity index (χ1v) is 11.6. The Bertz CT molecular complexity index is 1130. The minimum absolute atomic E-state index is 0.0400. The summed E-state index contributed by atoms with van der Waals surface area (Å²) >= 11 is 0. The number of likely N-dealkylation sites (tertiary alicyclic amines) is 1. The van der Waals surface area contributed by atoms with Crippen molar-refractivity contribution in [1.82, 2.24) is 14.7 Å². The summed E-state index contributed by atoms with van der Waals surface area (Å²) in [5, 5.41) is 4.82. The zero-order chi connectivity index (χ0) is 23.5. The zero-order valence-electron chi connectivity index (χ0n) is 19.5. The van der Waals surface area contributed by atoms with Crippen LogP contribution in [0.2, 0.25) is 0 Å². The summed E-state index contributed by atoms with van der Waals surface area (Å²) in [6.07, 6.45) is 3.37. The van der Waals surface area contributed by atoms with Crippen LogP contribution in [0.4, 0.5) is 0 Å². The van der Waals surface area contributed by atoms with Crippen molar-refractivity contribution in [2.24, 2.45) is 5.92 Å². The zero-order valence-corrected chi connectivity index (χ0v) is 19.5. The van der Waals surface area contributed by atoms with E-state index < -0.39 is 0 Å². The molecule has 2 saturated heterocycles. The van der Waals surface area contributed by atoms with Crippen LogP contribution in [-0.2, 0) is 9.47 Å². The molecule has 1 amide bonds. The molecule has 8 heteroatoms. The molecule has 0 spiro atoms. The molecule has 8 nitrogen and oxygen atoms in total. The first kappa shape index (κ1) is 22.4. The summed E-state index contributed by atoms with van der Waals surface area (Å²) in [5.74, 6) is 1.55. The Kier molecular flexibility index (Phi) is 6.51. The molecule has 0 radical (unpaired) electrons. The van der Waals surface area contributed by atoms with Crippen LogP contribution in [0.25, 0.3) is 16.9 Å². The molecule has 3 heterocycles. The van der Waals surface area contributed by atoms with Gasteiger partial charge in [0.1, 0.15) is 17.2 Å². The van der Waals surface area contributed by atoms with E-state index in [-0.39, 0.29) is 12.2 Å². The predicted octanol–water partition coefficient (Wildman–Crippen LogP) is 3.78. The number of hydrogen-bond acceptors (Lipinski definition) is 6. The second-order valence-electron chi connectivity index (χ2n) is 8.48. The van der Waals surface area contributed by atoms with Crippen molar-refractivity contribution in [2.75, 3.05) is 40.5 Å². The number of benzene rings is 2. The number of nitrogens with zero attached hydrogens (tertiary/aromatic N) is 3. The molecule has 2 aliphatic heterocycles. The van der Waals surface area contributed by atoms with E-state index in [2.05, 4.69) is 0 Å². The number of rotatable bonds is 6. The number of methoxy groups -OCH3 is 2. The molecule has 3 aromatic rings. The molecular formula is C26H29N3O5. The lowest BCUT2D eigenvalue weighted by atomic mass is 9.95. The van der Waals surface area contributed by atoms with Crippen LogP contribution in [0.1, 0.15) is 23.2 Å². The highest BCUT2D eigenvalue weighted by molar-refractivity contribution is 6.00. The van der Waals surface area contributed by atoms with Crippen LogP contribution in [-0.4, -0.2) is 67.4 Å². The van der Waals surface area contributed by atoms with Crippen molar-refractivity contribution in [3.05, 3.63) is 60.3 Å². The molecule has 2 fully saturated rings. The molecule has 0 saturated carbocycles. The highest BCUT2D eigenvalue weighted by atomic mass is 16.7. The van der Waals surface area contributed by atoms with Gasteiger partial charge in [-0.3, -0.25) is 4.79 Å². The first-order chi connectivity index (χ1) is 16.7. The fraction of sp³-hybridized carbons (Fsp3) is 0.385. The summed E-state index contributed by atoms with van der Waals surface area (Å²) in [5.41, 5.74) is 2.74. The van der Waals surface area contributed by atoms with E-state index in [4.69, 9.17) is 24.0 Å². The maximum atomic E-state index is 13.7. The number of piperidine rings is 1. The van der Waals surface area contributed by atoms with Crippen molar-refractivity contribution in [3.8, 4) is 28.4 Å². The number of hydrogen-bond donors (Lipinski definition) is 0. The Balaban J connectivity index is 1.47. The molecule has 178 valence electrons. The van der Waals surface area contributed by atoms with Crippen LogP contribution in [0.3, 0.4) is 0 Å². The second-order valence-corrected chi connectivity index (χ2v) is 8.48. The molecule has 2 aliphatic rings. The summed E-state index contributed by atoms with van der Waals surface area (Å²) < 4.78 is 24.1. The van der Waals surface area contributed by atoms with Crippen LogP contribution < -0.4 is 9.47 Å². The first-order valence-electron chi connectivity index (χ1n) is 11.6. The summed E-state index contributed by atoms with van der Waals surface area (Å²) in [4.78, 5) is 15.6.